The minimum Gasteiger partial charge on any atom is -0.383 e. The highest BCUT2D eigenvalue weighted by atomic mass is 35.5. The Morgan fingerprint density at radius 2 is 1.97 bits per heavy atom. The number of aromatic nitrogens is 3. The zero-order chi connectivity index (χ0) is 21.0. The molecular formula is C23H20Cl2N4O. The van der Waals surface area contributed by atoms with Crippen molar-refractivity contribution in [2.24, 2.45) is 0 Å². The summed E-state index contributed by atoms with van der Waals surface area (Å²) in [4.78, 5) is 9.54. The van der Waals surface area contributed by atoms with Crippen LogP contribution >= 0.6 is 23.2 Å². The molecule has 5 nitrogen and oxygen atoms in total. The van der Waals surface area contributed by atoms with Crippen LogP contribution in [0.25, 0.3) is 22.0 Å². The van der Waals surface area contributed by atoms with E-state index >= 15 is 0 Å². The first-order valence-electron chi connectivity index (χ1n) is 9.77. The fourth-order valence-corrected chi connectivity index (χ4v) is 4.85. The van der Waals surface area contributed by atoms with Crippen LogP contribution in [0.1, 0.15) is 29.3 Å². The van der Waals surface area contributed by atoms with Crippen molar-refractivity contribution in [2.45, 2.75) is 37.5 Å². The summed E-state index contributed by atoms with van der Waals surface area (Å²) in [6, 6.07) is 13.8. The van der Waals surface area contributed by atoms with Crippen molar-refractivity contribution in [1.29, 1.82) is 0 Å². The van der Waals surface area contributed by atoms with Crippen molar-refractivity contribution in [3.05, 3.63) is 70.3 Å². The van der Waals surface area contributed by atoms with Crippen LogP contribution in [0.15, 0.2) is 47.0 Å². The molecule has 1 aliphatic carbocycles. The molecule has 2 unspecified atom stereocenters. The van der Waals surface area contributed by atoms with Crippen LogP contribution < -0.4 is 5.73 Å². The number of hydrogen-bond acceptors (Lipinski definition) is 5. The van der Waals surface area contributed by atoms with Crippen molar-refractivity contribution in [3.8, 4) is 11.1 Å². The molecule has 2 atom stereocenters. The maximum absolute atomic E-state index is 6.59. The molecule has 1 aliphatic rings. The molecule has 2 N–H and O–H groups in total. The summed E-state index contributed by atoms with van der Waals surface area (Å²) in [5, 5.41) is 5.52. The first kappa shape index (κ1) is 19.3. The van der Waals surface area contributed by atoms with E-state index < -0.39 is 0 Å². The number of alkyl halides is 1. The number of benzene rings is 2. The van der Waals surface area contributed by atoms with Gasteiger partial charge in [-0.1, -0.05) is 35.0 Å². The SMILES string of the molecule is Cc1noc(C)c1-c1ccc2nc(C3(Cc4cccc(Cl)c4)CC3Cl)nc(N)c2c1. The molecule has 0 amide bonds. The average molecular weight is 439 g/mol. The van der Waals surface area contributed by atoms with E-state index in [0.717, 1.165) is 51.9 Å². The summed E-state index contributed by atoms with van der Waals surface area (Å²) in [7, 11) is 0. The average Bonchev–Trinajstić information content (AvgIpc) is 3.23. The van der Waals surface area contributed by atoms with Crippen molar-refractivity contribution in [3.63, 3.8) is 0 Å². The normalized spacial score (nSPS) is 20.6. The molecule has 0 aliphatic heterocycles. The molecule has 2 heterocycles. The van der Waals surface area contributed by atoms with Gasteiger partial charge < -0.3 is 10.3 Å². The van der Waals surface area contributed by atoms with Gasteiger partial charge in [-0.15, -0.1) is 11.6 Å². The van der Waals surface area contributed by atoms with Crippen molar-refractivity contribution >= 4 is 39.9 Å². The van der Waals surface area contributed by atoms with E-state index in [1.165, 1.54) is 0 Å². The zero-order valence-corrected chi connectivity index (χ0v) is 18.1. The molecule has 0 bridgehead atoms. The highest BCUT2D eigenvalue weighted by molar-refractivity contribution is 6.30. The number of rotatable bonds is 4. The van der Waals surface area contributed by atoms with Gasteiger partial charge in [0, 0.05) is 21.3 Å². The van der Waals surface area contributed by atoms with Crippen molar-refractivity contribution in [1.82, 2.24) is 15.1 Å². The number of hydrogen-bond donors (Lipinski definition) is 1. The first-order valence-corrected chi connectivity index (χ1v) is 10.6. The zero-order valence-electron chi connectivity index (χ0n) is 16.6. The third-order valence-electron chi connectivity index (χ3n) is 5.88. The molecule has 30 heavy (non-hydrogen) atoms. The van der Waals surface area contributed by atoms with E-state index in [-0.39, 0.29) is 10.8 Å². The summed E-state index contributed by atoms with van der Waals surface area (Å²) >= 11 is 12.8. The van der Waals surface area contributed by atoms with Gasteiger partial charge >= 0.3 is 0 Å². The van der Waals surface area contributed by atoms with E-state index in [1.807, 2.05) is 50.2 Å². The number of nitrogens with zero attached hydrogens (tertiary/aromatic N) is 3. The van der Waals surface area contributed by atoms with E-state index in [9.17, 15) is 0 Å². The number of aryl methyl sites for hydroxylation is 2. The fourth-order valence-electron chi connectivity index (χ4n) is 4.19. The molecular weight excluding hydrogens is 419 g/mol. The van der Waals surface area contributed by atoms with E-state index in [2.05, 4.69) is 16.2 Å². The van der Waals surface area contributed by atoms with E-state index in [0.29, 0.717) is 16.7 Å². The number of anilines is 1. The quantitative estimate of drug-likeness (QED) is 0.417. The second-order valence-corrected chi connectivity index (χ2v) is 8.96. The smallest absolute Gasteiger partial charge is 0.141 e. The van der Waals surface area contributed by atoms with Gasteiger partial charge in [0.2, 0.25) is 0 Å². The molecule has 0 saturated heterocycles. The molecule has 2 aromatic carbocycles. The lowest BCUT2D eigenvalue weighted by molar-refractivity contribution is 0.393. The highest BCUT2D eigenvalue weighted by Crippen LogP contribution is 2.53. The molecule has 0 spiro atoms. The lowest BCUT2D eigenvalue weighted by Gasteiger charge is -2.17. The van der Waals surface area contributed by atoms with Crippen LogP contribution in [-0.2, 0) is 11.8 Å². The lowest BCUT2D eigenvalue weighted by atomic mass is 9.95. The van der Waals surface area contributed by atoms with Gasteiger partial charge in [0.25, 0.3) is 0 Å². The minimum atomic E-state index is -0.325. The molecule has 0 radical (unpaired) electrons. The molecule has 152 valence electrons. The highest BCUT2D eigenvalue weighted by Gasteiger charge is 2.57. The summed E-state index contributed by atoms with van der Waals surface area (Å²) in [5.41, 5.74) is 10.8. The van der Waals surface area contributed by atoms with Gasteiger partial charge in [-0.25, -0.2) is 9.97 Å². The van der Waals surface area contributed by atoms with Crippen molar-refractivity contribution < 1.29 is 4.52 Å². The molecule has 4 aromatic rings. The Kier molecular flexibility index (Phi) is 4.49. The van der Waals surface area contributed by atoms with Gasteiger partial charge in [-0.05, 0) is 62.1 Å². The number of nitrogen functional groups attached to an aromatic ring is 1. The second kappa shape index (κ2) is 6.96. The number of fused-ring (bicyclic) bond motifs is 1. The van der Waals surface area contributed by atoms with Crippen molar-refractivity contribution in [2.75, 3.05) is 5.73 Å². The Morgan fingerprint density at radius 1 is 1.17 bits per heavy atom. The first-order chi connectivity index (χ1) is 14.4. The summed E-state index contributed by atoms with van der Waals surface area (Å²) in [6.07, 6.45) is 1.53. The Bertz CT molecular complexity index is 1270. The third-order valence-corrected chi connectivity index (χ3v) is 6.69. The van der Waals surface area contributed by atoms with Crippen LogP contribution in [-0.4, -0.2) is 20.5 Å². The van der Waals surface area contributed by atoms with Crippen LogP contribution in [0.2, 0.25) is 5.02 Å². The van der Waals surface area contributed by atoms with Gasteiger partial charge in [-0.2, -0.15) is 0 Å². The van der Waals surface area contributed by atoms with Crippen LogP contribution in [0.5, 0.6) is 0 Å². The molecule has 1 fully saturated rings. The number of halogens is 2. The fraction of sp³-hybridized carbons (Fsp3) is 0.261. The Labute approximate surface area is 184 Å². The predicted molar refractivity (Wildman–Crippen MR) is 120 cm³/mol. The van der Waals surface area contributed by atoms with Gasteiger partial charge in [0.1, 0.15) is 17.4 Å². The molecule has 5 rings (SSSR count). The molecule has 7 heteroatoms. The summed E-state index contributed by atoms with van der Waals surface area (Å²) < 4.78 is 5.30. The van der Waals surface area contributed by atoms with Gasteiger partial charge in [-0.3, -0.25) is 0 Å². The van der Waals surface area contributed by atoms with Gasteiger partial charge in [0.15, 0.2) is 0 Å². The molecule has 1 saturated carbocycles. The third kappa shape index (κ3) is 3.13. The topological polar surface area (TPSA) is 77.8 Å². The maximum Gasteiger partial charge on any atom is 0.141 e. The lowest BCUT2D eigenvalue weighted by Crippen LogP contribution is -2.19. The van der Waals surface area contributed by atoms with E-state index in [4.69, 9.17) is 38.4 Å². The Hall–Kier alpha value is -2.63. The van der Waals surface area contributed by atoms with Crippen LogP contribution in [0.4, 0.5) is 5.82 Å². The predicted octanol–water partition coefficient (Wildman–Crippen LogP) is 5.63. The summed E-state index contributed by atoms with van der Waals surface area (Å²) in [6.45, 7) is 3.82. The van der Waals surface area contributed by atoms with Crippen LogP contribution in [0, 0.1) is 13.8 Å². The van der Waals surface area contributed by atoms with E-state index in [1.54, 1.807) is 0 Å². The maximum atomic E-state index is 6.59. The van der Waals surface area contributed by atoms with Crippen LogP contribution in [0.3, 0.4) is 0 Å². The second-order valence-electron chi connectivity index (χ2n) is 8.00. The Morgan fingerprint density at radius 3 is 2.63 bits per heavy atom. The number of nitrogens with two attached hydrogens (primary N) is 1. The monoisotopic (exact) mass is 438 g/mol. The standard InChI is InChI=1S/C23H20Cl2N4O/c1-12-20(13(2)30-29-12)15-6-7-18-17(9-15)21(26)28-22(27-18)23(11-19(23)25)10-14-4-3-5-16(24)8-14/h3-9,19H,10-11H2,1-2H3,(H2,26,27,28). The van der Waals surface area contributed by atoms with Gasteiger partial charge in [0.05, 0.1) is 16.6 Å². The Balaban J connectivity index is 1.57. The largest absolute Gasteiger partial charge is 0.383 e. The molecule has 2 aromatic heterocycles. The summed E-state index contributed by atoms with van der Waals surface area (Å²) in [5.74, 6) is 1.91. The minimum absolute atomic E-state index is 0.0325.